The van der Waals surface area contributed by atoms with E-state index in [1.54, 1.807) is 0 Å². The summed E-state index contributed by atoms with van der Waals surface area (Å²) in [6.07, 6.45) is 0. The van der Waals surface area contributed by atoms with E-state index in [1.165, 1.54) is 16.3 Å². The molecule has 0 spiro atoms. The number of benzene rings is 6. The molecule has 0 amide bonds. The van der Waals surface area contributed by atoms with Crippen molar-refractivity contribution in [2.45, 2.75) is 26.2 Å². The Labute approximate surface area is 296 Å². The minimum atomic E-state index is 0.0665. The topological polar surface area (TPSA) is 90.3 Å². The number of ether oxygens (including phenoxy) is 1. The number of hydrogen-bond acceptors (Lipinski definition) is 8. The molecule has 0 aliphatic carbocycles. The fraction of sp³-hybridized carbons (Fsp3) is 0.116. The lowest BCUT2D eigenvalue weighted by Crippen LogP contribution is -2.10. The van der Waals surface area contributed by atoms with Crippen molar-refractivity contribution in [3.8, 4) is 57.3 Å². The van der Waals surface area contributed by atoms with Gasteiger partial charge in [0.15, 0.2) is 0 Å². The summed E-state index contributed by atoms with van der Waals surface area (Å²) in [5.74, 6) is 3.10. The smallest absolute Gasteiger partial charge is 0.248 e. The molecule has 8 nitrogen and oxygen atoms in total. The summed E-state index contributed by atoms with van der Waals surface area (Å²) in [5.41, 5.74) is 6.67. The monoisotopic (exact) mass is 669 g/mol. The number of aromatic nitrogens is 4. The molecule has 250 valence electrons. The minimum absolute atomic E-state index is 0.0665. The molecule has 6 aromatic carbocycles. The van der Waals surface area contributed by atoms with Gasteiger partial charge in [-0.05, 0) is 101 Å². The lowest BCUT2D eigenvalue weighted by molar-refractivity contribution is 0.482. The molecule has 0 bridgehead atoms. The van der Waals surface area contributed by atoms with Crippen molar-refractivity contribution >= 4 is 22.1 Å². The highest BCUT2D eigenvalue weighted by Crippen LogP contribution is 2.34. The van der Waals surface area contributed by atoms with E-state index >= 15 is 0 Å². The molecule has 2 heterocycles. The van der Waals surface area contributed by atoms with Crippen molar-refractivity contribution in [1.82, 2.24) is 20.4 Å². The van der Waals surface area contributed by atoms with Gasteiger partial charge in [-0.2, -0.15) is 0 Å². The molecular weight excluding hydrogens is 635 g/mol. The average Bonchev–Trinajstić information content (AvgIpc) is 3.87. The maximum Gasteiger partial charge on any atom is 0.248 e. The van der Waals surface area contributed by atoms with Crippen molar-refractivity contribution in [2.75, 3.05) is 11.9 Å². The van der Waals surface area contributed by atoms with Gasteiger partial charge in [-0.25, -0.2) is 0 Å². The Morgan fingerprint density at radius 1 is 0.510 bits per heavy atom. The van der Waals surface area contributed by atoms with Crippen LogP contribution in [0.1, 0.15) is 26.3 Å². The largest absolute Gasteiger partial charge is 0.457 e. The van der Waals surface area contributed by atoms with E-state index in [0.29, 0.717) is 29.3 Å². The van der Waals surface area contributed by atoms with Gasteiger partial charge in [0.25, 0.3) is 0 Å². The maximum atomic E-state index is 6.15. The highest BCUT2D eigenvalue weighted by Gasteiger charge is 2.17. The Balaban J connectivity index is 0.933. The quantitative estimate of drug-likeness (QED) is 0.158. The van der Waals surface area contributed by atoms with Gasteiger partial charge in [0.1, 0.15) is 11.5 Å². The maximum absolute atomic E-state index is 6.15. The number of anilines is 2. The fourth-order valence-corrected chi connectivity index (χ4v) is 5.99. The first kappa shape index (κ1) is 31.7. The fourth-order valence-electron chi connectivity index (χ4n) is 5.99. The van der Waals surface area contributed by atoms with Crippen molar-refractivity contribution in [1.29, 1.82) is 0 Å². The lowest BCUT2D eigenvalue weighted by Gasteiger charge is -2.21. The molecule has 0 radical (unpaired) electrons. The number of nitrogens with zero attached hydrogens (tertiary/aromatic N) is 5. The Hall–Kier alpha value is -6.54. The van der Waals surface area contributed by atoms with Crippen LogP contribution in [0.4, 0.5) is 11.4 Å². The van der Waals surface area contributed by atoms with Crippen LogP contribution in [0.25, 0.3) is 56.6 Å². The van der Waals surface area contributed by atoms with Crippen LogP contribution in [-0.2, 0) is 5.41 Å². The summed E-state index contributed by atoms with van der Waals surface area (Å²) < 4.78 is 18.3. The normalized spacial score (nSPS) is 11.5. The molecule has 0 N–H and O–H groups in total. The van der Waals surface area contributed by atoms with Gasteiger partial charge < -0.3 is 18.5 Å². The summed E-state index contributed by atoms with van der Waals surface area (Å²) in [5, 5.41) is 19.6. The van der Waals surface area contributed by atoms with Gasteiger partial charge in [-0.1, -0.05) is 75.4 Å². The zero-order chi connectivity index (χ0) is 35.0. The molecule has 8 heteroatoms. The van der Waals surface area contributed by atoms with Gasteiger partial charge in [0.2, 0.25) is 23.6 Å². The number of hydrogen-bond donors (Lipinski definition) is 0. The summed E-state index contributed by atoms with van der Waals surface area (Å²) in [4.78, 5) is 2.19. The first-order valence-electron chi connectivity index (χ1n) is 16.8. The summed E-state index contributed by atoms with van der Waals surface area (Å²) in [6.45, 7) is 6.56. The molecule has 8 aromatic rings. The third-order valence-electron chi connectivity index (χ3n) is 8.89. The molecule has 0 fully saturated rings. The van der Waals surface area contributed by atoms with Crippen LogP contribution in [0.2, 0.25) is 0 Å². The molecule has 0 saturated carbocycles. The molecule has 0 aliphatic rings. The number of fused-ring (bicyclic) bond motifs is 1. The SMILES string of the molecule is CN(c1ccc(Oc2ccc(-c3nnc(-c4cccc(-c5nnc(-c6ccc(C(C)(C)C)cc6)o5)c4)o3)cc2)cc1)c1cccc2ccccc12. The Morgan fingerprint density at radius 2 is 1.00 bits per heavy atom. The van der Waals surface area contributed by atoms with E-state index in [9.17, 15) is 0 Å². The molecule has 0 atom stereocenters. The van der Waals surface area contributed by atoms with E-state index in [2.05, 4.69) is 120 Å². The Bertz CT molecular complexity index is 2440. The lowest BCUT2D eigenvalue weighted by atomic mass is 9.87. The second kappa shape index (κ2) is 13.1. The molecule has 8 rings (SSSR count). The van der Waals surface area contributed by atoms with Crippen LogP contribution in [0.15, 0.2) is 148 Å². The van der Waals surface area contributed by atoms with Crippen molar-refractivity contribution in [3.63, 3.8) is 0 Å². The average molecular weight is 670 g/mol. The Kier molecular flexibility index (Phi) is 8.12. The molecule has 51 heavy (non-hydrogen) atoms. The van der Waals surface area contributed by atoms with Crippen LogP contribution in [0, 0.1) is 0 Å². The van der Waals surface area contributed by atoms with E-state index in [0.717, 1.165) is 39.4 Å². The third kappa shape index (κ3) is 6.59. The molecular formula is C43H35N5O3. The first-order valence-corrected chi connectivity index (χ1v) is 16.8. The van der Waals surface area contributed by atoms with Crippen molar-refractivity contribution < 1.29 is 13.6 Å². The van der Waals surface area contributed by atoms with Crippen LogP contribution >= 0.6 is 0 Å². The van der Waals surface area contributed by atoms with E-state index in [1.807, 2.05) is 72.8 Å². The molecule has 2 aromatic heterocycles. The van der Waals surface area contributed by atoms with E-state index < -0.39 is 0 Å². The predicted molar refractivity (Wildman–Crippen MR) is 201 cm³/mol. The molecule has 0 unspecified atom stereocenters. The standard InChI is InChI=1S/C43H35N5O3/c1-43(2,3)33-19-15-29(16-20-33)39-44-46-41(50-39)31-11-7-12-32(27-31)42-47-45-40(51-42)30-17-23-35(24-18-30)49-36-25-21-34(22-26-36)48(4)38-14-8-10-28-9-5-6-13-37(28)38/h5-27H,1-4H3. The second-order valence-electron chi connectivity index (χ2n) is 13.4. The van der Waals surface area contributed by atoms with Crippen LogP contribution in [0.5, 0.6) is 11.5 Å². The molecule has 0 aliphatic heterocycles. The number of rotatable bonds is 8. The van der Waals surface area contributed by atoms with Crippen LogP contribution in [0.3, 0.4) is 0 Å². The second-order valence-corrected chi connectivity index (χ2v) is 13.4. The third-order valence-corrected chi connectivity index (χ3v) is 8.89. The zero-order valence-electron chi connectivity index (χ0n) is 28.7. The van der Waals surface area contributed by atoms with Crippen molar-refractivity contribution in [3.05, 3.63) is 145 Å². The van der Waals surface area contributed by atoms with Gasteiger partial charge in [0.05, 0.1) is 0 Å². The minimum Gasteiger partial charge on any atom is -0.457 e. The van der Waals surface area contributed by atoms with E-state index in [4.69, 9.17) is 13.6 Å². The highest BCUT2D eigenvalue weighted by molar-refractivity contribution is 5.96. The first-order chi connectivity index (χ1) is 24.8. The van der Waals surface area contributed by atoms with Gasteiger partial charge >= 0.3 is 0 Å². The predicted octanol–water partition coefficient (Wildman–Crippen LogP) is 11.1. The Morgan fingerprint density at radius 3 is 1.59 bits per heavy atom. The van der Waals surface area contributed by atoms with Gasteiger partial charge in [-0.3, -0.25) is 0 Å². The zero-order valence-corrected chi connectivity index (χ0v) is 28.7. The van der Waals surface area contributed by atoms with E-state index in [-0.39, 0.29) is 5.41 Å². The van der Waals surface area contributed by atoms with Crippen molar-refractivity contribution in [2.24, 2.45) is 0 Å². The summed E-state index contributed by atoms with van der Waals surface area (Å²) in [6, 6.07) is 46.3. The van der Waals surface area contributed by atoms with Gasteiger partial charge in [0, 0.05) is 46.1 Å². The highest BCUT2D eigenvalue weighted by atomic mass is 16.5. The van der Waals surface area contributed by atoms with Crippen LogP contribution in [-0.4, -0.2) is 27.4 Å². The molecule has 0 saturated heterocycles. The van der Waals surface area contributed by atoms with Gasteiger partial charge in [-0.15, -0.1) is 20.4 Å². The summed E-state index contributed by atoms with van der Waals surface area (Å²) >= 11 is 0. The summed E-state index contributed by atoms with van der Waals surface area (Å²) in [7, 11) is 2.08. The van der Waals surface area contributed by atoms with Crippen LogP contribution < -0.4 is 9.64 Å².